The number of unbranched alkanes of at least 4 members (excludes halogenated alkanes) is 51. The number of rotatable bonds is 62. The smallest absolute Gasteiger partial charge is 0.305 e. The van der Waals surface area contributed by atoms with Gasteiger partial charge in [0.05, 0.1) is 25.4 Å². The Morgan fingerprint density at radius 3 is 0.859 bits per heavy atom. The van der Waals surface area contributed by atoms with Crippen LogP contribution in [-0.4, -0.2) is 47.4 Å². The van der Waals surface area contributed by atoms with Crippen molar-refractivity contribution in [3.05, 3.63) is 0 Å². The second-order valence-corrected chi connectivity index (χ2v) is 22.8. The van der Waals surface area contributed by atoms with Crippen LogP contribution >= 0.6 is 0 Å². The van der Waals surface area contributed by atoms with Gasteiger partial charge in [-0.25, -0.2) is 0 Å². The molecule has 0 fully saturated rings. The van der Waals surface area contributed by atoms with E-state index in [1.165, 1.54) is 302 Å². The molecule has 0 heterocycles. The largest absolute Gasteiger partial charge is 0.466 e. The summed E-state index contributed by atoms with van der Waals surface area (Å²) in [6.45, 7) is 4.98. The lowest BCUT2D eigenvalue weighted by Crippen LogP contribution is -2.45. The summed E-state index contributed by atoms with van der Waals surface area (Å²) in [4.78, 5) is 24.6. The Kier molecular flexibility index (Phi) is 60.4. The minimum atomic E-state index is -0.670. The van der Waals surface area contributed by atoms with Gasteiger partial charge in [-0.3, -0.25) is 9.59 Å². The number of hydrogen-bond acceptors (Lipinski definition) is 5. The van der Waals surface area contributed by atoms with Gasteiger partial charge < -0.3 is 20.3 Å². The molecule has 3 N–H and O–H groups in total. The van der Waals surface area contributed by atoms with Crippen LogP contribution in [0.3, 0.4) is 0 Å². The zero-order valence-corrected chi connectivity index (χ0v) is 48.5. The maximum Gasteiger partial charge on any atom is 0.305 e. The number of carbonyl (C=O) groups excluding carboxylic acids is 2. The fraction of sp³-hybridized carbons (Fsp3) is 0.969. The molecule has 2 atom stereocenters. The first-order chi connectivity index (χ1) is 35.0. The van der Waals surface area contributed by atoms with E-state index < -0.39 is 12.1 Å². The molecule has 0 aromatic carbocycles. The molecule has 0 aliphatic rings. The third kappa shape index (κ3) is 58.0. The van der Waals surface area contributed by atoms with Crippen LogP contribution < -0.4 is 5.32 Å². The van der Waals surface area contributed by atoms with Gasteiger partial charge in [0, 0.05) is 12.8 Å². The minimum Gasteiger partial charge on any atom is -0.466 e. The van der Waals surface area contributed by atoms with E-state index in [-0.39, 0.29) is 18.5 Å². The fourth-order valence-corrected chi connectivity index (χ4v) is 10.6. The van der Waals surface area contributed by atoms with Crippen molar-refractivity contribution in [3.63, 3.8) is 0 Å². The summed E-state index contributed by atoms with van der Waals surface area (Å²) in [5.41, 5.74) is 0. The van der Waals surface area contributed by atoms with Crippen LogP contribution in [-0.2, 0) is 14.3 Å². The fourth-order valence-electron chi connectivity index (χ4n) is 10.6. The van der Waals surface area contributed by atoms with Crippen molar-refractivity contribution in [2.45, 2.75) is 392 Å². The molecule has 0 bridgehead atoms. The van der Waals surface area contributed by atoms with Crippen LogP contribution in [0.5, 0.6) is 0 Å². The SMILES string of the molecule is CCCCCCCCCCCCCCCCCCCCCCC(O)C(CO)NC(=O)CCCCCCCCCCCCCCCCCOC(=O)CCCCCCCCCCCCCCCCCCCCC. The van der Waals surface area contributed by atoms with Crippen LogP contribution in [0.1, 0.15) is 380 Å². The molecule has 0 rings (SSSR count). The topological polar surface area (TPSA) is 95.9 Å². The van der Waals surface area contributed by atoms with Crippen molar-refractivity contribution < 1.29 is 24.5 Å². The van der Waals surface area contributed by atoms with Gasteiger partial charge in [0.15, 0.2) is 0 Å². The molecule has 0 spiro atoms. The molecule has 0 radical (unpaired) electrons. The molecule has 0 aliphatic heterocycles. The maximum atomic E-state index is 12.5. The first kappa shape index (κ1) is 69.9. The molecule has 0 saturated carbocycles. The Morgan fingerprint density at radius 1 is 0.338 bits per heavy atom. The van der Waals surface area contributed by atoms with E-state index in [1.807, 2.05) is 0 Å². The Hall–Kier alpha value is -1.14. The summed E-state index contributed by atoms with van der Waals surface area (Å²) in [5.74, 6) is -0.0313. The number of aliphatic hydroxyl groups is 2. The average Bonchev–Trinajstić information content (AvgIpc) is 3.37. The quantitative estimate of drug-likeness (QED) is 0.0417. The number of esters is 1. The van der Waals surface area contributed by atoms with Gasteiger partial charge >= 0.3 is 5.97 Å². The zero-order chi connectivity index (χ0) is 51.4. The number of amides is 1. The highest BCUT2D eigenvalue weighted by molar-refractivity contribution is 5.76. The van der Waals surface area contributed by atoms with Crippen molar-refractivity contribution in [1.82, 2.24) is 5.32 Å². The maximum absolute atomic E-state index is 12.5. The monoisotopic (exact) mass is 1000 g/mol. The van der Waals surface area contributed by atoms with Crippen molar-refractivity contribution in [2.75, 3.05) is 13.2 Å². The number of hydrogen-bond donors (Lipinski definition) is 3. The van der Waals surface area contributed by atoms with Crippen LogP contribution in [0.25, 0.3) is 0 Å². The lowest BCUT2D eigenvalue weighted by Gasteiger charge is -2.22. The summed E-state index contributed by atoms with van der Waals surface area (Å²) in [7, 11) is 0. The molecule has 0 aromatic rings. The predicted molar refractivity (Wildman–Crippen MR) is 310 cm³/mol. The number of aliphatic hydroxyl groups excluding tert-OH is 2. The van der Waals surface area contributed by atoms with Crippen LogP contribution in [0, 0.1) is 0 Å². The summed E-state index contributed by atoms with van der Waals surface area (Å²) in [5, 5.41) is 23.4. The van der Waals surface area contributed by atoms with E-state index in [0.29, 0.717) is 25.9 Å². The van der Waals surface area contributed by atoms with Gasteiger partial charge in [0.2, 0.25) is 5.91 Å². The van der Waals surface area contributed by atoms with Gasteiger partial charge in [-0.05, 0) is 25.7 Å². The van der Waals surface area contributed by atoms with Crippen LogP contribution in [0.4, 0.5) is 0 Å². The summed E-state index contributed by atoms with van der Waals surface area (Å²) < 4.78 is 5.50. The third-order valence-corrected chi connectivity index (χ3v) is 15.7. The standard InChI is InChI=1S/C65H129NO5/c1-3-5-7-9-11-13-15-17-19-21-23-25-26-29-33-37-41-45-49-53-57-63(68)62(61-67)66-64(69)58-54-50-46-42-38-34-30-28-32-36-40-44-48-52-56-60-71-65(70)59-55-51-47-43-39-35-31-27-24-22-20-18-16-14-12-10-8-6-4-2/h62-63,67-68H,3-61H2,1-2H3,(H,66,69). The van der Waals surface area contributed by atoms with Crippen molar-refractivity contribution >= 4 is 11.9 Å². The van der Waals surface area contributed by atoms with E-state index >= 15 is 0 Å². The van der Waals surface area contributed by atoms with E-state index in [1.54, 1.807) is 0 Å². The minimum absolute atomic E-state index is 0.00711. The van der Waals surface area contributed by atoms with E-state index in [9.17, 15) is 19.8 Å². The summed E-state index contributed by atoms with van der Waals surface area (Å²) >= 11 is 0. The van der Waals surface area contributed by atoms with Gasteiger partial charge in [0.1, 0.15) is 0 Å². The van der Waals surface area contributed by atoms with E-state index in [4.69, 9.17) is 4.74 Å². The van der Waals surface area contributed by atoms with Crippen molar-refractivity contribution in [2.24, 2.45) is 0 Å². The zero-order valence-electron chi connectivity index (χ0n) is 48.5. The molecule has 0 aliphatic carbocycles. The van der Waals surface area contributed by atoms with E-state index in [2.05, 4.69) is 19.2 Å². The Bertz CT molecular complexity index is 1020. The first-order valence-corrected chi connectivity index (χ1v) is 32.8. The molecular weight excluding hydrogens is 875 g/mol. The highest BCUT2D eigenvalue weighted by atomic mass is 16.5. The second kappa shape index (κ2) is 61.4. The highest BCUT2D eigenvalue weighted by Crippen LogP contribution is 2.19. The predicted octanol–water partition coefficient (Wildman–Crippen LogP) is 20.6. The molecule has 0 saturated heterocycles. The summed E-state index contributed by atoms with van der Waals surface area (Å²) in [6.07, 6.45) is 72.6. The highest BCUT2D eigenvalue weighted by Gasteiger charge is 2.20. The molecule has 424 valence electrons. The molecular formula is C65H129NO5. The molecule has 2 unspecified atom stereocenters. The van der Waals surface area contributed by atoms with Crippen LogP contribution in [0.15, 0.2) is 0 Å². The van der Waals surface area contributed by atoms with Gasteiger partial charge in [-0.2, -0.15) is 0 Å². The average molecular weight is 1000 g/mol. The van der Waals surface area contributed by atoms with Crippen molar-refractivity contribution in [3.8, 4) is 0 Å². The number of ether oxygens (including phenoxy) is 1. The molecule has 0 aromatic heterocycles. The van der Waals surface area contributed by atoms with Gasteiger partial charge in [0.25, 0.3) is 0 Å². The molecule has 6 heteroatoms. The summed E-state index contributed by atoms with van der Waals surface area (Å²) in [6, 6.07) is -0.547. The normalized spacial score (nSPS) is 12.5. The van der Waals surface area contributed by atoms with Gasteiger partial charge in [-0.1, -0.05) is 341 Å². The Labute approximate surface area is 445 Å². The molecule has 71 heavy (non-hydrogen) atoms. The third-order valence-electron chi connectivity index (χ3n) is 15.7. The Balaban J connectivity index is 3.39. The lowest BCUT2D eigenvalue weighted by molar-refractivity contribution is -0.143. The molecule has 1 amide bonds. The lowest BCUT2D eigenvalue weighted by atomic mass is 10.0. The second-order valence-electron chi connectivity index (χ2n) is 22.8. The van der Waals surface area contributed by atoms with Crippen molar-refractivity contribution in [1.29, 1.82) is 0 Å². The first-order valence-electron chi connectivity index (χ1n) is 32.8. The molecule has 6 nitrogen and oxygen atoms in total. The number of nitrogens with one attached hydrogen (secondary N) is 1. The Morgan fingerprint density at radius 2 is 0.577 bits per heavy atom. The van der Waals surface area contributed by atoms with Gasteiger partial charge in [-0.15, -0.1) is 0 Å². The van der Waals surface area contributed by atoms with E-state index in [0.717, 1.165) is 44.9 Å². The number of carbonyl (C=O) groups is 2. The van der Waals surface area contributed by atoms with Crippen LogP contribution in [0.2, 0.25) is 0 Å².